The van der Waals surface area contributed by atoms with Crippen molar-refractivity contribution in [3.8, 4) is 0 Å². The quantitative estimate of drug-likeness (QED) is 0.936. The lowest BCUT2D eigenvalue weighted by molar-refractivity contribution is -0.138. The molecule has 0 aliphatic heterocycles. The number of nitrogens with zero attached hydrogens (tertiary/aromatic N) is 1. The molecule has 1 aromatic heterocycles. The number of hydrogen-bond donors (Lipinski definition) is 1. The number of furan rings is 1. The molecule has 2 rings (SSSR count). The lowest BCUT2D eigenvalue weighted by Gasteiger charge is -2.20. The molecule has 0 aliphatic rings. The fraction of sp³-hybridized carbons (Fsp3) is 0.214. The number of anilines is 1. The second-order valence-corrected chi connectivity index (χ2v) is 4.52. The summed E-state index contributed by atoms with van der Waals surface area (Å²) in [6.45, 7) is 0.390. The Kier molecular flexibility index (Phi) is 3.93. The van der Waals surface area contributed by atoms with E-state index in [2.05, 4.69) is 0 Å². The maximum Gasteiger partial charge on any atom is 0.417 e. The smallest absolute Gasteiger partial charge is 0.417 e. The first kappa shape index (κ1) is 15.0. The minimum absolute atomic E-state index is 0.376. The average Bonchev–Trinajstić information content (AvgIpc) is 2.89. The standard InChI is InChI=1S/C14H12F3NO3/c1-18(7-9-4-5-21-8-9)10-2-3-12(14(15,16)17)11(6-10)13(19)20/h2-6,8H,7H2,1H3,(H,19,20). The van der Waals surface area contributed by atoms with E-state index in [0.717, 1.165) is 17.7 Å². The molecule has 21 heavy (non-hydrogen) atoms. The largest absolute Gasteiger partial charge is 0.478 e. The van der Waals surface area contributed by atoms with Gasteiger partial charge in [0.2, 0.25) is 0 Å². The molecule has 0 bridgehead atoms. The third-order valence-corrected chi connectivity index (χ3v) is 2.98. The molecule has 0 saturated carbocycles. The van der Waals surface area contributed by atoms with Crippen molar-refractivity contribution in [1.82, 2.24) is 0 Å². The summed E-state index contributed by atoms with van der Waals surface area (Å²) in [4.78, 5) is 12.7. The van der Waals surface area contributed by atoms with Crippen molar-refractivity contribution in [1.29, 1.82) is 0 Å². The van der Waals surface area contributed by atoms with Gasteiger partial charge in [0, 0.05) is 24.8 Å². The van der Waals surface area contributed by atoms with E-state index >= 15 is 0 Å². The van der Waals surface area contributed by atoms with Crippen LogP contribution in [0.4, 0.5) is 18.9 Å². The Morgan fingerprint density at radius 3 is 2.57 bits per heavy atom. The first-order valence-electron chi connectivity index (χ1n) is 5.96. The van der Waals surface area contributed by atoms with Gasteiger partial charge >= 0.3 is 12.1 Å². The van der Waals surface area contributed by atoms with Crippen molar-refractivity contribution in [3.63, 3.8) is 0 Å². The van der Waals surface area contributed by atoms with Gasteiger partial charge in [-0.15, -0.1) is 0 Å². The molecule has 1 heterocycles. The van der Waals surface area contributed by atoms with E-state index in [4.69, 9.17) is 9.52 Å². The topological polar surface area (TPSA) is 53.7 Å². The van der Waals surface area contributed by atoms with Gasteiger partial charge in [-0.2, -0.15) is 13.2 Å². The Balaban J connectivity index is 2.33. The highest BCUT2D eigenvalue weighted by Gasteiger charge is 2.35. The molecule has 0 radical (unpaired) electrons. The van der Waals surface area contributed by atoms with Crippen LogP contribution in [0.5, 0.6) is 0 Å². The van der Waals surface area contributed by atoms with Crippen LogP contribution in [-0.2, 0) is 12.7 Å². The summed E-state index contributed by atoms with van der Waals surface area (Å²) < 4.78 is 43.2. The van der Waals surface area contributed by atoms with Crippen molar-refractivity contribution in [3.05, 3.63) is 53.5 Å². The fourth-order valence-electron chi connectivity index (χ4n) is 1.94. The van der Waals surface area contributed by atoms with Crippen LogP contribution in [0.15, 0.2) is 41.2 Å². The summed E-state index contributed by atoms with van der Waals surface area (Å²) in [5, 5.41) is 8.96. The number of alkyl halides is 3. The Morgan fingerprint density at radius 1 is 1.33 bits per heavy atom. The molecule has 0 unspecified atom stereocenters. The Bertz CT molecular complexity index is 635. The highest BCUT2D eigenvalue weighted by molar-refractivity contribution is 5.91. The monoisotopic (exact) mass is 299 g/mol. The molecule has 112 valence electrons. The number of rotatable bonds is 4. The van der Waals surface area contributed by atoms with Gasteiger partial charge < -0.3 is 14.4 Å². The van der Waals surface area contributed by atoms with Crippen LogP contribution in [-0.4, -0.2) is 18.1 Å². The highest BCUT2D eigenvalue weighted by Crippen LogP contribution is 2.34. The molecule has 0 spiro atoms. The third kappa shape index (κ3) is 3.36. The number of halogens is 3. The first-order chi connectivity index (χ1) is 9.79. The van der Waals surface area contributed by atoms with Crippen molar-refractivity contribution < 1.29 is 27.5 Å². The van der Waals surface area contributed by atoms with Gasteiger partial charge in [-0.3, -0.25) is 0 Å². The van der Waals surface area contributed by atoms with Crippen LogP contribution in [0.2, 0.25) is 0 Å². The molecule has 0 atom stereocenters. The zero-order chi connectivity index (χ0) is 15.6. The molecule has 4 nitrogen and oxygen atoms in total. The van der Waals surface area contributed by atoms with Gasteiger partial charge in [-0.25, -0.2) is 4.79 Å². The molecule has 7 heteroatoms. The number of carboxylic acids is 1. The molecule has 0 aliphatic carbocycles. The van der Waals surface area contributed by atoms with Crippen LogP contribution in [0.1, 0.15) is 21.5 Å². The zero-order valence-electron chi connectivity index (χ0n) is 11.0. The predicted molar refractivity (Wildman–Crippen MR) is 69.2 cm³/mol. The molecule has 0 amide bonds. The number of hydrogen-bond acceptors (Lipinski definition) is 3. The van der Waals surface area contributed by atoms with E-state index in [9.17, 15) is 18.0 Å². The summed E-state index contributed by atoms with van der Waals surface area (Å²) >= 11 is 0. The van der Waals surface area contributed by atoms with Gasteiger partial charge in [0.25, 0.3) is 0 Å². The first-order valence-corrected chi connectivity index (χ1v) is 5.96. The lowest BCUT2D eigenvalue weighted by atomic mass is 10.1. The molecule has 1 aromatic carbocycles. The minimum atomic E-state index is -4.70. The fourth-order valence-corrected chi connectivity index (χ4v) is 1.94. The van der Waals surface area contributed by atoms with Crippen molar-refractivity contribution >= 4 is 11.7 Å². The molecule has 0 saturated heterocycles. The Morgan fingerprint density at radius 2 is 2.05 bits per heavy atom. The zero-order valence-corrected chi connectivity index (χ0v) is 11.0. The second-order valence-electron chi connectivity index (χ2n) is 4.52. The number of carbonyl (C=O) groups is 1. The van der Waals surface area contributed by atoms with Crippen molar-refractivity contribution in [2.45, 2.75) is 12.7 Å². The Hall–Kier alpha value is -2.44. The summed E-state index contributed by atoms with van der Waals surface area (Å²) in [6, 6.07) is 4.77. The van der Waals surface area contributed by atoms with Gasteiger partial charge in [-0.1, -0.05) is 0 Å². The van der Waals surface area contributed by atoms with E-state index in [0.29, 0.717) is 12.2 Å². The SMILES string of the molecule is CN(Cc1ccoc1)c1ccc(C(F)(F)F)c(C(=O)O)c1. The van der Waals surface area contributed by atoms with Gasteiger partial charge in [0.05, 0.1) is 23.7 Å². The normalized spacial score (nSPS) is 11.4. The highest BCUT2D eigenvalue weighted by atomic mass is 19.4. The molecule has 0 fully saturated rings. The van der Waals surface area contributed by atoms with Crippen LogP contribution < -0.4 is 4.90 Å². The van der Waals surface area contributed by atoms with Crippen LogP contribution in [0.25, 0.3) is 0 Å². The van der Waals surface area contributed by atoms with E-state index in [-0.39, 0.29) is 0 Å². The maximum absolute atomic E-state index is 12.8. The summed E-state index contributed by atoms with van der Waals surface area (Å²) in [5.74, 6) is -1.61. The van der Waals surface area contributed by atoms with Crippen LogP contribution in [0, 0.1) is 0 Å². The lowest BCUT2D eigenvalue weighted by Crippen LogP contribution is -2.18. The molecule has 1 N–H and O–H groups in total. The van der Waals surface area contributed by atoms with E-state index in [1.165, 1.54) is 18.6 Å². The van der Waals surface area contributed by atoms with Gasteiger partial charge in [-0.05, 0) is 24.3 Å². The van der Waals surface area contributed by atoms with Gasteiger partial charge in [0.15, 0.2) is 0 Å². The molecular formula is C14H12F3NO3. The number of carboxylic acid groups (broad SMARTS) is 1. The predicted octanol–water partition coefficient (Wildman–Crippen LogP) is 3.63. The van der Waals surface area contributed by atoms with Crippen molar-refractivity contribution in [2.75, 3.05) is 11.9 Å². The summed E-state index contributed by atoms with van der Waals surface area (Å²) in [6.07, 6.45) is -1.70. The third-order valence-electron chi connectivity index (χ3n) is 2.98. The van der Waals surface area contributed by atoms with Crippen LogP contribution >= 0.6 is 0 Å². The molecule has 2 aromatic rings. The van der Waals surface area contributed by atoms with Gasteiger partial charge in [0.1, 0.15) is 0 Å². The summed E-state index contributed by atoms with van der Waals surface area (Å²) in [5.41, 5.74) is -0.717. The second kappa shape index (κ2) is 5.51. The average molecular weight is 299 g/mol. The van der Waals surface area contributed by atoms with E-state index in [1.807, 2.05) is 0 Å². The minimum Gasteiger partial charge on any atom is -0.478 e. The summed E-state index contributed by atoms with van der Waals surface area (Å²) in [7, 11) is 1.65. The number of benzene rings is 1. The van der Waals surface area contributed by atoms with E-state index in [1.54, 1.807) is 18.0 Å². The van der Waals surface area contributed by atoms with Crippen LogP contribution in [0.3, 0.4) is 0 Å². The Labute approximate surface area is 118 Å². The van der Waals surface area contributed by atoms with E-state index < -0.39 is 23.3 Å². The van der Waals surface area contributed by atoms with Crippen molar-refractivity contribution in [2.24, 2.45) is 0 Å². The number of aromatic carboxylic acids is 1. The maximum atomic E-state index is 12.8. The molecular weight excluding hydrogens is 287 g/mol.